The molecule has 1 aromatic carbocycles. The molecule has 2 heteroatoms. The minimum Gasteiger partial charge on any atom is -0.381 e. The number of hydrogen-bond donors (Lipinski definition) is 0. The molecule has 1 aromatic rings. The fourth-order valence-corrected chi connectivity index (χ4v) is 1.25. The molecule has 12 heavy (non-hydrogen) atoms. The summed E-state index contributed by atoms with van der Waals surface area (Å²) in [4.78, 5) is 0. The molecule has 0 aliphatic carbocycles. The van der Waals surface area contributed by atoms with Crippen LogP contribution in [0.25, 0.3) is 0 Å². The van der Waals surface area contributed by atoms with Crippen molar-refractivity contribution in [3.63, 3.8) is 0 Å². The van der Waals surface area contributed by atoms with Gasteiger partial charge in [0.25, 0.3) is 0 Å². The number of rotatable bonds is 4. The standard InChI is InChI=1S/C10H13BrO/c1-2-12-8-7-9-3-5-10(11)6-4-9/h3-6H,2,7-8H2,1H3. The lowest BCUT2D eigenvalue weighted by molar-refractivity contribution is 0.151. The third kappa shape index (κ3) is 3.37. The molecule has 0 heterocycles. The molecule has 0 N–H and O–H groups in total. The summed E-state index contributed by atoms with van der Waals surface area (Å²) in [6.45, 7) is 3.64. The van der Waals surface area contributed by atoms with E-state index in [1.54, 1.807) is 0 Å². The maximum atomic E-state index is 5.26. The summed E-state index contributed by atoms with van der Waals surface area (Å²) in [5, 5.41) is 0. The Kier molecular flexibility index (Phi) is 4.33. The van der Waals surface area contributed by atoms with Crippen LogP contribution in [0.2, 0.25) is 0 Å². The van der Waals surface area contributed by atoms with Crippen LogP contribution >= 0.6 is 15.9 Å². The van der Waals surface area contributed by atoms with Gasteiger partial charge in [-0.15, -0.1) is 0 Å². The third-order valence-electron chi connectivity index (χ3n) is 1.65. The Morgan fingerprint density at radius 3 is 2.50 bits per heavy atom. The highest BCUT2D eigenvalue weighted by Gasteiger charge is 1.91. The van der Waals surface area contributed by atoms with Gasteiger partial charge in [-0.25, -0.2) is 0 Å². The second kappa shape index (κ2) is 5.33. The number of hydrogen-bond acceptors (Lipinski definition) is 1. The Balaban J connectivity index is 2.37. The van der Waals surface area contributed by atoms with Crippen molar-refractivity contribution in [1.82, 2.24) is 0 Å². The maximum absolute atomic E-state index is 5.26. The van der Waals surface area contributed by atoms with Gasteiger partial charge in [0.05, 0.1) is 6.61 Å². The smallest absolute Gasteiger partial charge is 0.0506 e. The molecular formula is C10H13BrO. The molecule has 0 saturated heterocycles. The van der Waals surface area contributed by atoms with Crippen LogP contribution in [0.5, 0.6) is 0 Å². The van der Waals surface area contributed by atoms with E-state index < -0.39 is 0 Å². The highest BCUT2D eigenvalue weighted by Crippen LogP contribution is 2.10. The molecule has 0 amide bonds. The normalized spacial score (nSPS) is 10.2. The van der Waals surface area contributed by atoms with Crippen molar-refractivity contribution in [2.75, 3.05) is 13.2 Å². The molecular weight excluding hydrogens is 216 g/mol. The second-order valence-corrected chi connectivity index (χ2v) is 3.49. The molecule has 1 rings (SSSR count). The maximum Gasteiger partial charge on any atom is 0.0506 e. The van der Waals surface area contributed by atoms with Crippen molar-refractivity contribution in [2.45, 2.75) is 13.3 Å². The molecule has 0 bridgehead atoms. The molecule has 0 aliphatic heterocycles. The van der Waals surface area contributed by atoms with Crippen molar-refractivity contribution in [3.8, 4) is 0 Å². The molecule has 0 unspecified atom stereocenters. The number of halogens is 1. The molecule has 0 spiro atoms. The average molecular weight is 229 g/mol. The highest BCUT2D eigenvalue weighted by atomic mass is 79.9. The molecule has 0 radical (unpaired) electrons. The van der Waals surface area contributed by atoms with E-state index in [9.17, 15) is 0 Å². The fourth-order valence-electron chi connectivity index (χ4n) is 0.985. The third-order valence-corrected chi connectivity index (χ3v) is 2.18. The quantitative estimate of drug-likeness (QED) is 0.721. The van der Waals surface area contributed by atoms with E-state index in [0.29, 0.717) is 0 Å². The van der Waals surface area contributed by atoms with Gasteiger partial charge in [0, 0.05) is 11.1 Å². The molecule has 1 nitrogen and oxygen atoms in total. The van der Waals surface area contributed by atoms with E-state index in [1.807, 2.05) is 6.92 Å². The van der Waals surface area contributed by atoms with E-state index in [1.165, 1.54) is 5.56 Å². The first kappa shape index (κ1) is 9.75. The van der Waals surface area contributed by atoms with Gasteiger partial charge in [0.15, 0.2) is 0 Å². The van der Waals surface area contributed by atoms with Gasteiger partial charge in [0.1, 0.15) is 0 Å². The Bertz CT molecular complexity index is 218. The van der Waals surface area contributed by atoms with E-state index in [2.05, 4.69) is 40.2 Å². The number of benzene rings is 1. The molecule has 0 atom stereocenters. The predicted octanol–water partition coefficient (Wildman–Crippen LogP) is 3.03. The molecule has 0 aliphatic rings. The first-order chi connectivity index (χ1) is 5.83. The molecule has 66 valence electrons. The van der Waals surface area contributed by atoms with E-state index in [0.717, 1.165) is 24.1 Å². The van der Waals surface area contributed by atoms with Crippen molar-refractivity contribution < 1.29 is 4.74 Å². The SMILES string of the molecule is CCOCCc1ccc(Br)cc1. The summed E-state index contributed by atoms with van der Waals surface area (Å²) >= 11 is 3.40. The van der Waals surface area contributed by atoms with Crippen LogP contribution < -0.4 is 0 Å². The van der Waals surface area contributed by atoms with Gasteiger partial charge in [-0.2, -0.15) is 0 Å². The first-order valence-electron chi connectivity index (χ1n) is 4.15. The van der Waals surface area contributed by atoms with Crippen LogP contribution in [0.15, 0.2) is 28.7 Å². The van der Waals surface area contributed by atoms with Gasteiger partial charge in [0.2, 0.25) is 0 Å². The van der Waals surface area contributed by atoms with Crippen molar-refractivity contribution in [1.29, 1.82) is 0 Å². The minimum atomic E-state index is 0.802. The van der Waals surface area contributed by atoms with Crippen molar-refractivity contribution in [2.24, 2.45) is 0 Å². The predicted molar refractivity (Wildman–Crippen MR) is 54.3 cm³/mol. The second-order valence-electron chi connectivity index (χ2n) is 2.57. The average Bonchev–Trinajstić information content (AvgIpc) is 2.09. The van der Waals surface area contributed by atoms with Crippen molar-refractivity contribution in [3.05, 3.63) is 34.3 Å². The van der Waals surface area contributed by atoms with E-state index in [-0.39, 0.29) is 0 Å². The Morgan fingerprint density at radius 1 is 1.25 bits per heavy atom. The minimum absolute atomic E-state index is 0.802. The van der Waals surface area contributed by atoms with Crippen LogP contribution in [0.1, 0.15) is 12.5 Å². The Hall–Kier alpha value is -0.340. The zero-order valence-corrected chi connectivity index (χ0v) is 8.80. The largest absolute Gasteiger partial charge is 0.381 e. The lowest BCUT2D eigenvalue weighted by Crippen LogP contribution is -1.97. The van der Waals surface area contributed by atoms with Gasteiger partial charge in [-0.05, 0) is 31.0 Å². The van der Waals surface area contributed by atoms with Crippen LogP contribution in [0, 0.1) is 0 Å². The zero-order valence-electron chi connectivity index (χ0n) is 7.22. The zero-order chi connectivity index (χ0) is 8.81. The van der Waals surface area contributed by atoms with Crippen LogP contribution in [0.4, 0.5) is 0 Å². The topological polar surface area (TPSA) is 9.23 Å². The summed E-state index contributed by atoms with van der Waals surface area (Å²) in [5.41, 5.74) is 1.33. The Morgan fingerprint density at radius 2 is 1.92 bits per heavy atom. The lowest BCUT2D eigenvalue weighted by Gasteiger charge is -2.01. The van der Waals surface area contributed by atoms with E-state index >= 15 is 0 Å². The van der Waals surface area contributed by atoms with E-state index in [4.69, 9.17) is 4.74 Å². The van der Waals surface area contributed by atoms with Crippen LogP contribution in [0.3, 0.4) is 0 Å². The van der Waals surface area contributed by atoms with Gasteiger partial charge >= 0.3 is 0 Å². The molecule has 0 saturated carbocycles. The van der Waals surface area contributed by atoms with Gasteiger partial charge in [-0.1, -0.05) is 28.1 Å². The summed E-state index contributed by atoms with van der Waals surface area (Å²) in [6, 6.07) is 8.34. The summed E-state index contributed by atoms with van der Waals surface area (Å²) in [7, 11) is 0. The highest BCUT2D eigenvalue weighted by molar-refractivity contribution is 9.10. The summed E-state index contributed by atoms with van der Waals surface area (Å²) < 4.78 is 6.38. The van der Waals surface area contributed by atoms with Crippen LogP contribution in [-0.2, 0) is 11.2 Å². The fraction of sp³-hybridized carbons (Fsp3) is 0.400. The monoisotopic (exact) mass is 228 g/mol. The van der Waals surface area contributed by atoms with Gasteiger partial charge < -0.3 is 4.74 Å². The van der Waals surface area contributed by atoms with Crippen molar-refractivity contribution >= 4 is 15.9 Å². The number of ether oxygens (including phenoxy) is 1. The van der Waals surface area contributed by atoms with Crippen LogP contribution in [-0.4, -0.2) is 13.2 Å². The summed E-state index contributed by atoms with van der Waals surface area (Å²) in [6.07, 6.45) is 1.00. The summed E-state index contributed by atoms with van der Waals surface area (Å²) in [5.74, 6) is 0. The Labute approximate surface area is 81.9 Å². The lowest BCUT2D eigenvalue weighted by atomic mass is 10.2. The molecule has 0 fully saturated rings. The van der Waals surface area contributed by atoms with Gasteiger partial charge in [-0.3, -0.25) is 0 Å². The molecule has 0 aromatic heterocycles. The first-order valence-corrected chi connectivity index (χ1v) is 4.94.